The normalized spacial score (nSPS) is 13.1. The number of nitrogens with zero attached hydrogens (tertiary/aromatic N) is 2. The van der Waals surface area contributed by atoms with Gasteiger partial charge >= 0.3 is 17.8 Å². The van der Waals surface area contributed by atoms with E-state index < -0.39 is 29.4 Å². The number of ether oxygens (including phenoxy) is 2. The molecular formula is C16H19F3N2O5S. The van der Waals surface area contributed by atoms with Crippen LogP contribution in [0.1, 0.15) is 35.1 Å². The van der Waals surface area contributed by atoms with Crippen LogP contribution in [0, 0.1) is 6.92 Å². The first-order valence-corrected chi connectivity index (χ1v) is 8.89. The Hall–Kier alpha value is -2.14. The lowest BCUT2D eigenvalue weighted by Crippen LogP contribution is -2.45. The zero-order chi connectivity index (χ0) is 20.5. The number of carbonyl (C=O) groups is 1. The highest BCUT2D eigenvalue weighted by molar-refractivity contribution is 7.20. The molecule has 0 N–H and O–H groups in total. The van der Waals surface area contributed by atoms with Crippen molar-refractivity contribution >= 4 is 27.5 Å². The fraction of sp³-hybridized carbons (Fsp3) is 0.562. The number of methoxy groups -OCH3 is 1. The molecule has 0 saturated carbocycles. The van der Waals surface area contributed by atoms with Crippen LogP contribution in [0.15, 0.2) is 9.59 Å². The van der Waals surface area contributed by atoms with Gasteiger partial charge < -0.3 is 9.47 Å². The molecule has 27 heavy (non-hydrogen) atoms. The first-order chi connectivity index (χ1) is 12.6. The minimum atomic E-state index is -4.79. The van der Waals surface area contributed by atoms with E-state index in [1.807, 2.05) is 0 Å². The van der Waals surface area contributed by atoms with Gasteiger partial charge in [0.2, 0.25) is 0 Å². The van der Waals surface area contributed by atoms with E-state index in [0.717, 1.165) is 22.8 Å². The summed E-state index contributed by atoms with van der Waals surface area (Å²) in [6.07, 6.45) is -4.79. The number of aryl methyl sites for hydroxylation is 1. The number of aromatic nitrogens is 2. The van der Waals surface area contributed by atoms with Gasteiger partial charge in [0.05, 0.1) is 25.1 Å². The van der Waals surface area contributed by atoms with Gasteiger partial charge in [0.1, 0.15) is 15.7 Å². The molecule has 11 heteroatoms. The van der Waals surface area contributed by atoms with Gasteiger partial charge in [-0.2, -0.15) is 13.2 Å². The second kappa shape index (κ2) is 7.85. The van der Waals surface area contributed by atoms with E-state index >= 15 is 0 Å². The fourth-order valence-corrected chi connectivity index (χ4v) is 3.84. The van der Waals surface area contributed by atoms with Crippen LogP contribution in [0.4, 0.5) is 13.2 Å². The Morgan fingerprint density at radius 2 is 1.93 bits per heavy atom. The summed E-state index contributed by atoms with van der Waals surface area (Å²) >= 11 is 0.844. The molecule has 0 saturated heterocycles. The Labute approximate surface area is 155 Å². The molecule has 2 aromatic heterocycles. The molecule has 0 bridgehead atoms. The van der Waals surface area contributed by atoms with Gasteiger partial charge in [-0.05, 0) is 26.3 Å². The van der Waals surface area contributed by atoms with E-state index in [-0.39, 0.29) is 45.0 Å². The minimum Gasteiger partial charge on any atom is -0.462 e. The van der Waals surface area contributed by atoms with Gasteiger partial charge in [-0.15, -0.1) is 11.3 Å². The van der Waals surface area contributed by atoms with Crippen molar-refractivity contribution in [2.75, 3.05) is 20.3 Å². The Morgan fingerprint density at radius 1 is 1.30 bits per heavy atom. The lowest BCUT2D eigenvalue weighted by Gasteiger charge is -2.19. The topological polar surface area (TPSA) is 79.5 Å². The van der Waals surface area contributed by atoms with E-state index in [2.05, 4.69) is 0 Å². The molecule has 0 spiro atoms. The third kappa shape index (κ3) is 3.79. The lowest BCUT2D eigenvalue weighted by molar-refractivity contribution is -0.164. The summed E-state index contributed by atoms with van der Waals surface area (Å²) in [5.41, 5.74) is -2.00. The average Bonchev–Trinajstić information content (AvgIpc) is 2.91. The van der Waals surface area contributed by atoms with Crippen molar-refractivity contribution < 1.29 is 27.4 Å². The van der Waals surface area contributed by atoms with E-state index in [4.69, 9.17) is 9.47 Å². The Kier molecular flexibility index (Phi) is 6.15. The van der Waals surface area contributed by atoms with Crippen molar-refractivity contribution in [2.24, 2.45) is 0 Å². The minimum absolute atomic E-state index is 0.0410. The molecule has 0 aliphatic rings. The van der Waals surface area contributed by atoms with Crippen molar-refractivity contribution in [3.63, 3.8) is 0 Å². The summed E-state index contributed by atoms with van der Waals surface area (Å²) in [6, 6.07) is -2.32. The summed E-state index contributed by atoms with van der Waals surface area (Å²) < 4.78 is 50.7. The number of thiophene rings is 1. The molecule has 0 fully saturated rings. The average molecular weight is 408 g/mol. The van der Waals surface area contributed by atoms with Crippen molar-refractivity contribution in [1.82, 2.24) is 9.13 Å². The maximum atomic E-state index is 13.2. The number of carbonyl (C=O) groups excluding carboxylic acids is 1. The molecule has 0 radical (unpaired) electrons. The third-order valence-corrected chi connectivity index (χ3v) is 5.38. The molecule has 1 unspecified atom stereocenters. The van der Waals surface area contributed by atoms with Gasteiger partial charge in [-0.3, -0.25) is 9.36 Å². The van der Waals surface area contributed by atoms with Gasteiger partial charge in [0, 0.05) is 7.11 Å². The van der Waals surface area contributed by atoms with Crippen molar-refractivity contribution in [1.29, 1.82) is 0 Å². The number of hydrogen-bond acceptors (Lipinski definition) is 6. The van der Waals surface area contributed by atoms with Crippen molar-refractivity contribution in [3.8, 4) is 0 Å². The summed E-state index contributed by atoms with van der Waals surface area (Å²) in [5.74, 6) is -0.697. The molecule has 0 aliphatic carbocycles. The molecule has 0 aromatic carbocycles. The molecule has 2 heterocycles. The quantitative estimate of drug-likeness (QED) is 0.686. The number of fused-ring (bicyclic) bond motifs is 1. The number of esters is 1. The van der Waals surface area contributed by atoms with Crippen LogP contribution in [-0.4, -0.2) is 41.6 Å². The zero-order valence-electron chi connectivity index (χ0n) is 15.2. The van der Waals surface area contributed by atoms with Crippen molar-refractivity contribution in [2.45, 2.75) is 39.5 Å². The highest BCUT2D eigenvalue weighted by Crippen LogP contribution is 2.31. The fourth-order valence-electron chi connectivity index (χ4n) is 2.62. The van der Waals surface area contributed by atoms with Crippen LogP contribution in [-0.2, 0) is 16.0 Å². The Bertz CT molecular complexity index is 974. The Balaban J connectivity index is 2.91. The molecule has 0 aliphatic heterocycles. The highest BCUT2D eigenvalue weighted by atomic mass is 32.1. The molecule has 1 atom stereocenters. The largest absolute Gasteiger partial charge is 0.462 e. The van der Waals surface area contributed by atoms with Gasteiger partial charge in [-0.25, -0.2) is 14.2 Å². The highest BCUT2D eigenvalue weighted by Gasteiger charge is 2.40. The Morgan fingerprint density at radius 3 is 2.44 bits per heavy atom. The summed E-state index contributed by atoms with van der Waals surface area (Å²) in [7, 11) is 1.38. The molecule has 2 aromatic rings. The van der Waals surface area contributed by atoms with E-state index in [0.29, 0.717) is 0 Å². The zero-order valence-corrected chi connectivity index (χ0v) is 16.0. The monoisotopic (exact) mass is 408 g/mol. The SMILES string of the molecule is CCOC(=O)c1sc2c(c1C)c(=O)n(C(C)C(F)(F)F)c(=O)n2CCOC. The van der Waals surface area contributed by atoms with Gasteiger partial charge in [0.25, 0.3) is 5.56 Å². The maximum Gasteiger partial charge on any atom is 0.409 e. The number of hydrogen-bond donors (Lipinski definition) is 0. The predicted molar refractivity (Wildman–Crippen MR) is 93.7 cm³/mol. The molecule has 0 amide bonds. The number of rotatable bonds is 6. The third-order valence-electron chi connectivity index (χ3n) is 4.08. The van der Waals surface area contributed by atoms with Crippen LogP contribution in [0.5, 0.6) is 0 Å². The van der Waals surface area contributed by atoms with E-state index in [1.165, 1.54) is 14.0 Å². The molecule has 150 valence electrons. The second-order valence-electron chi connectivity index (χ2n) is 5.78. The predicted octanol–water partition coefficient (Wildman–Crippen LogP) is 2.48. The summed E-state index contributed by atoms with van der Waals surface area (Å²) in [5, 5.41) is -0.102. The smallest absolute Gasteiger partial charge is 0.409 e. The molecule has 7 nitrogen and oxygen atoms in total. The van der Waals surface area contributed by atoms with Crippen LogP contribution in [0.25, 0.3) is 10.2 Å². The van der Waals surface area contributed by atoms with Crippen molar-refractivity contribution in [3.05, 3.63) is 31.3 Å². The maximum absolute atomic E-state index is 13.2. The lowest BCUT2D eigenvalue weighted by atomic mass is 10.2. The first-order valence-electron chi connectivity index (χ1n) is 8.07. The van der Waals surface area contributed by atoms with Crippen LogP contribution in [0.3, 0.4) is 0 Å². The van der Waals surface area contributed by atoms with Crippen LogP contribution in [0.2, 0.25) is 0 Å². The van der Waals surface area contributed by atoms with E-state index in [9.17, 15) is 27.6 Å². The van der Waals surface area contributed by atoms with Gasteiger partial charge in [0.15, 0.2) is 0 Å². The van der Waals surface area contributed by atoms with E-state index in [1.54, 1.807) is 6.92 Å². The van der Waals surface area contributed by atoms with Crippen LogP contribution < -0.4 is 11.2 Å². The summed E-state index contributed by atoms with van der Waals surface area (Å²) in [6.45, 7) is 3.85. The van der Waals surface area contributed by atoms with Gasteiger partial charge in [-0.1, -0.05) is 0 Å². The molecular weight excluding hydrogens is 389 g/mol. The summed E-state index contributed by atoms with van der Waals surface area (Å²) in [4.78, 5) is 37.7. The number of alkyl halides is 3. The number of halogens is 3. The standard InChI is InChI=1S/C16H19F3N2O5S/c1-5-26-14(23)11-8(2)10-12(22)21(9(3)16(17,18)19)15(24)20(6-7-25-4)13(10)27-11/h9H,5-7H2,1-4H3. The molecule has 2 rings (SSSR count). The first kappa shape index (κ1) is 21.2. The van der Waals surface area contributed by atoms with Crippen LogP contribution >= 0.6 is 11.3 Å². The second-order valence-corrected chi connectivity index (χ2v) is 6.78.